The largest absolute Gasteiger partial charge is 4.00 e. The fraction of sp³-hybridized carbons (Fsp3) is 1.00. The van der Waals surface area contributed by atoms with Crippen LogP contribution in [-0.2, 0) is 35.7 Å². The average Bonchev–Trinajstić information content (AvgIpc) is 2.33. The van der Waals surface area contributed by atoms with Gasteiger partial charge in [-0.05, 0) is 13.8 Å². The number of rotatable bonds is 6. The van der Waals surface area contributed by atoms with Gasteiger partial charge in [-0.2, -0.15) is 0 Å². The Morgan fingerprint density at radius 3 is 0.952 bits per heavy atom. The van der Waals surface area contributed by atoms with Crippen molar-refractivity contribution >= 4 is 0 Å². The van der Waals surface area contributed by atoms with E-state index in [9.17, 15) is 20.4 Å². The molecule has 0 aromatic rings. The quantitative estimate of drug-likeness (QED) is 0.501. The van der Waals surface area contributed by atoms with Crippen molar-refractivity contribution in [1.29, 1.82) is 0 Å². The average molecular weight is 388 g/mol. The Morgan fingerprint density at radius 2 is 0.905 bits per heavy atom. The summed E-state index contributed by atoms with van der Waals surface area (Å²) in [5.41, 5.74) is 0. The first kappa shape index (κ1) is 33.3. The molecule has 0 N–H and O–H groups in total. The van der Waals surface area contributed by atoms with Crippen LogP contribution in [0.1, 0.15) is 41.5 Å². The molecule has 0 saturated carbocycles. The Balaban J connectivity index is -0.0000000544. The zero-order chi connectivity index (χ0) is 16.8. The van der Waals surface area contributed by atoms with E-state index in [0.29, 0.717) is 26.4 Å². The molecular weight excluding hydrogens is 355 g/mol. The van der Waals surface area contributed by atoms with E-state index in [4.69, 9.17) is 0 Å². The van der Waals surface area contributed by atoms with Crippen molar-refractivity contribution in [2.45, 2.75) is 53.8 Å². The van der Waals surface area contributed by atoms with E-state index in [1.807, 2.05) is 13.8 Å². The molecule has 0 amide bonds. The van der Waals surface area contributed by atoms with Gasteiger partial charge in [-0.15, -0.1) is 25.4 Å². The first-order valence-electron chi connectivity index (χ1n) is 6.93. The van der Waals surface area contributed by atoms with E-state index >= 15 is 0 Å². The Labute approximate surface area is 149 Å². The molecule has 0 spiro atoms. The second kappa shape index (κ2) is 37.1. The molecule has 0 saturated heterocycles. The van der Waals surface area contributed by atoms with Gasteiger partial charge in [0.05, 0.1) is 0 Å². The topological polar surface area (TPSA) is 111 Å². The summed E-state index contributed by atoms with van der Waals surface area (Å²) in [4.78, 5) is 0. The molecule has 0 bridgehead atoms. The van der Waals surface area contributed by atoms with Crippen molar-refractivity contribution in [1.82, 2.24) is 0 Å². The Morgan fingerprint density at radius 1 is 0.714 bits per heavy atom. The maximum atomic E-state index is 9.56. The van der Waals surface area contributed by atoms with Crippen molar-refractivity contribution in [2.75, 3.05) is 39.6 Å². The summed E-state index contributed by atoms with van der Waals surface area (Å²) in [5, 5.41) is 38.2. The van der Waals surface area contributed by atoms with E-state index in [2.05, 4.69) is 9.47 Å². The zero-order valence-corrected chi connectivity index (χ0v) is 16.8. The van der Waals surface area contributed by atoms with Crippen molar-refractivity contribution in [2.24, 2.45) is 0 Å². The molecule has 7 heteroatoms. The molecule has 0 radical (unpaired) electrons. The van der Waals surface area contributed by atoms with Crippen molar-refractivity contribution in [3.05, 3.63) is 0 Å². The second-order valence-corrected chi connectivity index (χ2v) is 3.90. The molecule has 0 aliphatic heterocycles. The van der Waals surface area contributed by atoms with Gasteiger partial charge in [0.2, 0.25) is 0 Å². The van der Waals surface area contributed by atoms with Crippen LogP contribution in [0, 0.1) is 0 Å². The summed E-state index contributed by atoms with van der Waals surface area (Å²) in [5.74, 6) is 0. The van der Waals surface area contributed by atoms with Crippen LogP contribution in [0.5, 0.6) is 0 Å². The van der Waals surface area contributed by atoms with Crippen LogP contribution in [0.4, 0.5) is 0 Å². The minimum absolute atomic E-state index is 0. The Hall–Kier alpha value is 0.643. The van der Waals surface area contributed by atoms with Gasteiger partial charge in [0.25, 0.3) is 0 Å². The van der Waals surface area contributed by atoms with Crippen LogP contribution in [0.3, 0.4) is 0 Å². The van der Waals surface area contributed by atoms with Gasteiger partial charge in [0.1, 0.15) is 0 Å². The molecule has 0 aromatic heterocycles. The van der Waals surface area contributed by atoms with Gasteiger partial charge in [-0.1, -0.05) is 27.7 Å². The van der Waals surface area contributed by atoms with Crippen LogP contribution in [-0.4, -0.2) is 51.8 Å². The third kappa shape index (κ3) is 163. The maximum absolute atomic E-state index is 9.56. The summed E-state index contributed by atoms with van der Waals surface area (Å²) >= 11 is 0. The molecule has 0 atom stereocenters. The number of ether oxygens (including phenoxy) is 2. The Kier molecular flexibility index (Phi) is 58.9. The van der Waals surface area contributed by atoms with Gasteiger partial charge in [0, 0.05) is 26.4 Å². The van der Waals surface area contributed by atoms with Crippen molar-refractivity contribution in [3.8, 4) is 0 Å². The fourth-order valence-corrected chi connectivity index (χ4v) is 0.407. The first-order chi connectivity index (χ1) is 9.29. The van der Waals surface area contributed by atoms with Gasteiger partial charge in [0.15, 0.2) is 0 Å². The van der Waals surface area contributed by atoms with Crippen molar-refractivity contribution < 1.29 is 56.1 Å². The second-order valence-electron chi connectivity index (χ2n) is 3.90. The van der Waals surface area contributed by atoms with E-state index in [1.54, 1.807) is 27.7 Å². The molecule has 0 aromatic carbocycles. The summed E-state index contributed by atoms with van der Waals surface area (Å²) in [6, 6.07) is 0. The molecule has 21 heavy (non-hydrogen) atoms. The standard InChI is InChI=1S/2C4H9O2.2C3H7O.Zr/c2*1-2-6-4-3-5;2*1-3(2)4;/h2*2-4H2,1H3;2*3H,1-2H3;/q4*-1;+4. The maximum Gasteiger partial charge on any atom is 4.00 e. The smallest absolute Gasteiger partial charge is 0.853 e. The summed E-state index contributed by atoms with van der Waals surface area (Å²) in [6.07, 6.45) is -0.833. The van der Waals surface area contributed by atoms with Gasteiger partial charge in [-0.25, -0.2) is 0 Å². The number of hydrogen-bond donors (Lipinski definition) is 0. The summed E-state index contributed by atoms with van der Waals surface area (Å²) < 4.78 is 9.34. The zero-order valence-electron chi connectivity index (χ0n) is 14.3. The molecular formula is C14H32O6Zr. The SMILES string of the molecule is CC(C)[O-].CC(C)[O-].CCOCC[O-].CCOCC[O-].[Zr+4]. The van der Waals surface area contributed by atoms with Crippen LogP contribution >= 0.6 is 0 Å². The van der Waals surface area contributed by atoms with Crippen molar-refractivity contribution in [3.63, 3.8) is 0 Å². The van der Waals surface area contributed by atoms with Crippen LogP contribution in [0.15, 0.2) is 0 Å². The van der Waals surface area contributed by atoms with Gasteiger partial charge >= 0.3 is 26.2 Å². The van der Waals surface area contributed by atoms with Crippen LogP contribution in [0.25, 0.3) is 0 Å². The van der Waals surface area contributed by atoms with E-state index in [-0.39, 0.29) is 39.4 Å². The minimum atomic E-state index is -0.417. The van der Waals surface area contributed by atoms with E-state index in [0.717, 1.165) is 0 Å². The van der Waals surface area contributed by atoms with Gasteiger partial charge < -0.3 is 29.9 Å². The Bertz CT molecular complexity index is 98.5. The molecule has 0 rings (SSSR count). The third-order valence-corrected chi connectivity index (χ3v) is 0.864. The van der Waals surface area contributed by atoms with E-state index in [1.165, 1.54) is 0 Å². The normalized spacial score (nSPS) is 8.57. The molecule has 0 unspecified atom stereocenters. The summed E-state index contributed by atoms with van der Waals surface area (Å²) in [6.45, 7) is 12.0. The first-order valence-corrected chi connectivity index (χ1v) is 6.93. The molecule has 0 fully saturated rings. The molecule has 0 aliphatic rings. The predicted octanol–water partition coefficient (Wildman–Crippen LogP) is -1.73. The van der Waals surface area contributed by atoms with Gasteiger partial charge in [-0.3, -0.25) is 0 Å². The molecule has 0 aliphatic carbocycles. The van der Waals surface area contributed by atoms with Crippen LogP contribution in [0.2, 0.25) is 0 Å². The third-order valence-electron chi connectivity index (χ3n) is 0.864. The summed E-state index contributed by atoms with van der Waals surface area (Å²) in [7, 11) is 0. The monoisotopic (exact) mass is 386 g/mol. The molecule has 0 heterocycles. The molecule has 128 valence electrons. The van der Waals surface area contributed by atoms with E-state index < -0.39 is 12.2 Å². The molecule has 6 nitrogen and oxygen atoms in total. The number of hydrogen-bond acceptors (Lipinski definition) is 6. The van der Waals surface area contributed by atoms with Crippen LogP contribution < -0.4 is 20.4 Å². The minimum Gasteiger partial charge on any atom is -0.853 e. The fourth-order valence-electron chi connectivity index (χ4n) is 0.407. The predicted molar refractivity (Wildman–Crippen MR) is 73.0 cm³/mol.